The van der Waals surface area contributed by atoms with Gasteiger partial charge in [0.15, 0.2) is 9.84 Å². The Morgan fingerprint density at radius 1 is 1.44 bits per heavy atom. The predicted molar refractivity (Wildman–Crippen MR) is 65.3 cm³/mol. The van der Waals surface area contributed by atoms with Gasteiger partial charge in [-0.3, -0.25) is 0 Å². The van der Waals surface area contributed by atoms with Gasteiger partial charge in [-0.1, -0.05) is 13.3 Å². The lowest BCUT2D eigenvalue weighted by Gasteiger charge is -2.23. The van der Waals surface area contributed by atoms with E-state index in [0.29, 0.717) is 24.1 Å². The summed E-state index contributed by atoms with van der Waals surface area (Å²) in [5.74, 6) is 1.48. The van der Waals surface area contributed by atoms with Crippen LogP contribution in [-0.2, 0) is 9.84 Å². The summed E-state index contributed by atoms with van der Waals surface area (Å²) in [6.07, 6.45) is 3.48. The van der Waals surface area contributed by atoms with Gasteiger partial charge in [0, 0.05) is 18.6 Å². The van der Waals surface area contributed by atoms with Crippen molar-refractivity contribution in [3.8, 4) is 0 Å². The summed E-state index contributed by atoms with van der Waals surface area (Å²) >= 11 is 0. The molecular formula is C11H22N2O2S. The molecule has 3 unspecified atom stereocenters. The Balaban J connectivity index is 1.63. The molecule has 3 atom stereocenters. The van der Waals surface area contributed by atoms with Gasteiger partial charge in [0.25, 0.3) is 0 Å². The van der Waals surface area contributed by atoms with Gasteiger partial charge in [-0.2, -0.15) is 0 Å². The fraction of sp³-hybridized carbons (Fsp3) is 1.00. The van der Waals surface area contributed by atoms with E-state index in [1.54, 1.807) is 0 Å². The maximum Gasteiger partial charge on any atom is 0.153 e. The molecule has 0 amide bonds. The van der Waals surface area contributed by atoms with Crippen LogP contribution >= 0.6 is 0 Å². The molecule has 0 spiro atoms. The Morgan fingerprint density at radius 2 is 2.25 bits per heavy atom. The van der Waals surface area contributed by atoms with Crippen molar-refractivity contribution in [2.45, 2.75) is 38.3 Å². The highest BCUT2D eigenvalue weighted by molar-refractivity contribution is 7.91. The fourth-order valence-corrected chi connectivity index (χ4v) is 3.94. The van der Waals surface area contributed by atoms with Crippen molar-refractivity contribution < 1.29 is 8.42 Å². The SMILES string of the molecule is CCC1CC1NCCC1CS(=O)(=O)CCN1. The summed E-state index contributed by atoms with van der Waals surface area (Å²) in [5.41, 5.74) is 0. The summed E-state index contributed by atoms with van der Waals surface area (Å²) in [4.78, 5) is 0. The number of sulfone groups is 1. The molecular weight excluding hydrogens is 224 g/mol. The molecule has 1 aliphatic carbocycles. The van der Waals surface area contributed by atoms with Crippen LogP contribution in [0, 0.1) is 5.92 Å². The van der Waals surface area contributed by atoms with Crippen LogP contribution in [0.15, 0.2) is 0 Å². The Labute approximate surface area is 98.1 Å². The molecule has 1 heterocycles. The molecule has 0 bridgehead atoms. The molecule has 2 N–H and O–H groups in total. The van der Waals surface area contributed by atoms with Crippen molar-refractivity contribution in [3.05, 3.63) is 0 Å². The third-order valence-corrected chi connectivity index (χ3v) is 5.38. The van der Waals surface area contributed by atoms with Crippen molar-refractivity contribution in [3.63, 3.8) is 0 Å². The van der Waals surface area contributed by atoms with Crippen LogP contribution in [0.5, 0.6) is 0 Å². The lowest BCUT2D eigenvalue weighted by molar-refractivity contribution is 0.474. The second-order valence-electron chi connectivity index (χ2n) is 5.02. The van der Waals surface area contributed by atoms with Crippen LogP contribution in [0.4, 0.5) is 0 Å². The van der Waals surface area contributed by atoms with Crippen LogP contribution in [0.25, 0.3) is 0 Å². The molecule has 0 aromatic heterocycles. The zero-order valence-electron chi connectivity index (χ0n) is 9.91. The zero-order chi connectivity index (χ0) is 11.6. The Morgan fingerprint density at radius 3 is 2.88 bits per heavy atom. The maximum atomic E-state index is 11.4. The average Bonchev–Trinajstić information content (AvgIpc) is 2.95. The van der Waals surface area contributed by atoms with E-state index in [4.69, 9.17) is 0 Å². The molecule has 0 aromatic rings. The molecule has 1 saturated heterocycles. The van der Waals surface area contributed by atoms with Crippen LogP contribution in [-0.4, -0.2) is 45.1 Å². The number of nitrogens with one attached hydrogen (secondary N) is 2. The normalized spacial score (nSPS) is 37.2. The highest BCUT2D eigenvalue weighted by Crippen LogP contribution is 2.32. The lowest BCUT2D eigenvalue weighted by Crippen LogP contribution is -2.46. The molecule has 94 valence electrons. The standard InChI is InChI=1S/C11H22N2O2S/c1-2-9-7-11(9)13-4-3-10-8-16(14,15)6-5-12-10/h9-13H,2-8H2,1H3. The van der Waals surface area contributed by atoms with Crippen molar-refractivity contribution in [1.82, 2.24) is 10.6 Å². The first-order valence-corrected chi connectivity index (χ1v) is 8.10. The van der Waals surface area contributed by atoms with Crippen molar-refractivity contribution in [2.24, 2.45) is 5.92 Å². The third kappa shape index (κ3) is 3.43. The van der Waals surface area contributed by atoms with Crippen molar-refractivity contribution >= 4 is 9.84 Å². The first-order valence-electron chi connectivity index (χ1n) is 6.28. The summed E-state index contributed by atoms with van der Waals surface area (Å²) < 4.78 is 22.8. The third-order valence-electron chi connectivity index (χ3n) is 3.65. The van der Waals surface area contributed by atoms with E-state index in [-0.39, 0.29) is 6.04 Å². The minimum atomic E-state index is -2.77. The summed E-state index contributed by atoms with van der Waals surface area (Å²) in [6, 6.07) is 0.857. The van der Waals surface area contributed by atoms with Crippen LogP contribution in [0.1, 0.15) is 26.2 Å². The highest BCUT2D eigenvalue weighted by atomic mass is 32.2. The van der Waals surface area contributed by atoms with E-state index >= 15 is 0 Å². The van der Waals surface area contributed by atoms with Gasteiger partial charge in [-0.25, -0.2) is 8.42 Å². The predicted octanol–water partition coefficient (Wildman–Crippen LogP) is 0.151. The molecule has 2 fully saturated rings. The first kappa shape index (κ1) is 12.3. The molecule has 5 heteroatoms. The second-order valence-corrected chi connectivity index (χ2v) is 7.25. The lowest BCUT2D eigenvalue weighted by atomic mass is 10.2. The van der Waals surface area contributed by atoms with Gasteiger partial charge in [-0.05, 0) is 25.3 Å². The Kier molecular flexibility index (Phi) is 3.87. The molecule has 0 aromatic carbocycles. The summed E-state index contributed by atoms with van der Waals surface area (Å²) in [7, 11) is -2.77. The minimum Gasteiger partial charge on any atom is -0.314 e. The van der Waals surface area contributed by atoms with Crippen LogP contribution in [0.3, 0.4) is 0 Å². The van der Waals surface area contributed by atoms with E-state index in [9.17, 15) is 8.42 Å². The monoisotopic (exact) mass is 246 g/mol. The quantitative estimate of drug-likeness (QED) is 0.725. The van der Waals surface area contributed by atoms with E-state index < -0.39 is 9.84 Å². The molecule has 2 aliphatic rings. The van der Waals surface area contributed by atoms with E-state index in [2.05, 4.69) is 17.6 Å². The highest BCUT2D eigenvalue weighted by Gasteiger charge is 2.34. The largest absolute Gasteiger partial charge is 0.314 e. The number of rotatable bonds is 5. The Hall–Kier alpha value is -0.130. The molecule has 1 aliphatic heterocycles. The van der Waals surface area contributed by atoms with Crippen molar-refractivity contribution in [1.29, 1.82) is 0 Å². The molecule has 0 radical (unpaired) electrons. The van der Waals surface area contributed by atoms with Gasteiger partial charge < -0.3 is 10.6 Å². The molecule has 1 saturated carbocycles. The van der Waals surface area contributed by atoms with Crippen LogP contribution in [0.2, 0.25) is 0 Å². The van der Waals surface area contributed by atoms with Crippen molar-refractivity contribution in [2.75, 3.05) is 24.6 Å². The van der Waals surface area contributed by atoms with Gasteiger partial charge in [0.05, 0.1) is 11.5 Å². The van der Waals surface area contributed by atoms with Crippen LogP contribution < -0.4 is 10.6 Å². The summed E-state index contributed by atoms with van der Waals surface area (Å²) in [5, 5.41) is 6.77. The fourth-order valence-electron chi connectivity index (χ4n) is 2.44. The Bertz CT molecular complexity index is 329. The number of hydrogen-bond acceptors (Lipinski definition) is 4. The van der Waals surface area contributed by atoms with E-state index in [1.165, 1.54) is 12.8 Å². The van der Waals surface area contributed by atoms with Gasteiger partial charge >= 0.3 is 0 Å². The van der Waals surface area contributed by atoms with Gasteiger partial charge in [0.1, 0.15) is 0 Å². The van der Waals surface area contributed by atoms with Gasteiger partial charge in [-0.15, -0.1) is 0 Å². The zero-order valence-corrected chi connectivity index (χ0v) is 10.7. The smallest absolute Gasteiger partial charge is 0.153 e. The molecule has 16 heavy (non-hydrogen) atoms. The topological polar surface area (TPSA) is 58.2 Å². The average molecular weight is 246 g/mol. The maximum absolute atomic E-state index is 11.4. The molecule has 4 nitrogen and oxygen atoms in total. The van der Waals surface area contributed by atoms with E-state index in [1.807, 2.05) is 0 Å². The van der Waals surface area contributed by atoms with E-state index in [0.717, 1.165) is 18.9 Å². The summed E-state index contributed by atoms with van der Waals surface area (Å²) in [6.45, 7) is 3.78. The second kappa shape index (κ2) is 5.02. The van der Waals surface area contributed by atoms with Gasteiger partial charge in [0.2, 0.25) is 0 Å². The number of hydrogen-bond donors (Lipinski definition) is 2. The minimum absolute atomic E-state index is 0.157. The first-order chi connectivity index (χ1) is 7.61. The molecule has 2 rings (SSSR count).